The van der Waals surface area contributed by atoms with Crippen molar-refractivity contribution in [3.63, 3.8) is 0 Å². The first-order chi connectivity index (χ1) is 11.5. The van der Waals surface area contributed by atoms with E-state index in [1.165, 1.54) is 6.07 Å². The first kappa shape index (κ1) is 14.4. The molecule has 1 aromatic carbocycles. The minimum Gasteiger partial charge on any atom is -0.320 e. The minimum atomic E-state index is -0.489. The third-order valence-electron chi connectivity index (χ3n) is 3.78. The van der Waals surface area contributed by atoms with Gasteiger partial charge in [-0.2, -0.15) is 5.10 Å². The molecule has 0 fully saturated rings. The van der Waals surface area contributed by atoms with Crippen molar-refractivity contribution in [2.75, 3.05) is 5.32 Å². The summed E-state index contributed by atoms with van der Waals surface area (Å²) in [5, 5.41) is 7.91. The Morgan fingerprint density at radius 1 is 1.25 bits per heavy atom. The predicted octanol–water partition coefficient (Wildman–Crippen LogP) is 2.92. The number of anilines is 1. The molecule has 0 saturated carbocycles. The van der Waals surface area contributed by atoms with E-state index in [1.807, 2.05) is 12.3 Å². The summed E-state index contributed by atoms with van der Waals surface area (Å²) in [6.07, 6.45) is 5.18. The lowest BCUT2D eigenvalue weighted by Gasteiger charge is -2.07. The summed E-state index contributed by atoms with van der Waals surface area (Å²) in [6, 6.07) is 6.64. The number of imidazole rings is 1. The van der Waals surface area contributed by atoms with Gasteiger partial charge in [-0.3, -0.25) is 9.48 Å². The topological polar surface area (TPSA) is 64.2 Å². The van der Waals surface area contributed by atoms with Crippen LogP contribution in [0.5, 0.6) is 0 Å². The number of hydrogen-bond acceptors (Lipinski definition) is 3. The van der Waals surface area contributed by atoms with Crippen molar-refractivity contribution in [1.82, 2.24) is 19.2 Å². The molecule has 0 aliphatic rings. The summed E-state index contributed by atoms with van der Waals surface area (Å²) in [7, 11) is 1.80. The van der Waals surface area contributed by atoms with Gasteiger partial charge in [-0.25, -0.2) is 9.37 Å². The molecule has 6 nitrogen and oxygen atoms in total. The first-order valence-electron chi connectivity index (χ1n) is 7.40. The number of halogens is 1. The van der Waals surface area contributed by atoms with Crippen LogP contribution in [0.2, 0.25) is 0 Å². The molecule has 0 unspecified atom stereocenters. The van der Waals surface area contributed by atoms with E-state index in [9.17, 15) is 9.18 Å². The number of hydrogen-bond donors (Lipinski definition) is 1. The Morgan fingerprint density at radius 2 is 2.08 bits per heavy atom. The zero-order valence-corrected chi connectivity index (χ0v) is 13.1. The van der Waals surface area contributed by atoms with Crippen LogP contribution >= 0.6 is 0 Å². The zero-order chi connectivity index (χ0) is 16.8. The van der Waals surface area contributed by atoms with Crippen LogP contribution < -0.4 is 5.32 Å². The summed E-state index contributed by atoms with van der Waals surface area (Å²) in [5.41, 5.74) is 2.34. The van der Waals surface area contributed by atoms with Gasteiger partial charge >= 0.3 is 0 Å². The Labute approximate surface area is 136 Å². The molecule has 1 N–H and O–H groups in total. The predicted molar refractivity (Wildman–Crippen MR) is 88.6 cm³/mol. The van der Waals surface area contributed by atoms with Crippen LogP contribution in [0.4, 0.5) is 10.1 Å². The van der Waals surface area contributed by atoms with Crippen molar-refractivity contribution in [1.29, 1.82) is 0 Å². The van der Waals surface area contributed by atoms with Crippen molar-refractivity contribution in [2.24, 2.45) is 7.05 Å². The molecule has 3 aromatic heterocycles. The number of nitrogens with zero attached hydrogens (tertiary/aromatic N) is 4. The van der Waals surface area contributed by atoms with Gasteiger partial charge in [0.1, 0.15) is 5.52 Å². The quantitative estimate of drug-likeness (QED) is 0.617. The van der Waals surface area contributed by atoms with E-state index in [0.29, 0.717) is 22.5 Å². The maximum absolute atomic E-state index is 14.1. The van der Waals surface area contributed by atoms with Crippen molar-refractivity contribution in [3.8, 4) is 0 Å². The number of rotatable bonds is 2. The Bertz CT molecular complexity index is 1100. The van der Waals surface area contributed by atoms with Gasteiger partial charge in [0.2, 0.25) is 0 Å². The Morgan fingerprint density at radius 3 is 2.92 bits per heavy atom. The van der Waals surface area contributed by atoms with Crippen molar-refractivity contribution in [2.45, 2.75) is 6.92 Å². The van der Waals surface area contributed by atoms with Gasteiger partial charge in [0.05, 0.1) is 16.9 Å². The highest BCUT2D eigenvalue weighted by Gasteiger charge is 2.14. The van der Waals surface area contributed by atoms with Crippen LogP contribution in [-0.4, -0.2) is 25.1 Å². The highest BCUT2D eigenvalue weighted by Crippen LogP contribution is 2.20. The van der Waals surface area contributed by atoms with E-state index in [-0.39, 0.29) is 11.6 Å². The number of nitrogens with one attached hydrogen (secondary N) is 1. The second-order valence-corrected chi connectivity index (χ2v) is 5.69. The summed E-state index contributed by atoms with van der Waals surface area (Å²) >= 11 is 0. The van der Waals surface area contributed by atoms with Crippen molar-refractivity contribution in [3.05, 3.63) is 59.9 Å². The molecule has 0 radical (unpaired) electrons. The van der Waals surface area contributed by atoms with Crippen LogP contribution in [0.15, 0.2) is 42.9 Å². The third-order valence-corrected chi connectivity index (χ3v) is 3.78. The molecule has 24 heavy (non-hydrogen) atoms. The number of carbonyl (C=O) groups is 1. The van der Waals surface area contributed by atoms with E-state index >= 15 is 0 Å². The van der Waals surface area contributed by atoms with Crippen molar-refractivity contribution >= 4 is 28.1 Å². The lowest BCUT2D eigenvalue weighted by molar-refractivity contribution is 0.102. The van der Waals surface area contributed by atoms with Crippen LogP contribution in [0, 0.1) is 12.7 Å². The third kappa shape index (κ3) is 2.30. The summed E-state index contributed by atoms with van der Waals surface area (Å²) < 4.78 is 17.3. The van der Waals surface area contributed by atoms with E-state index in [4.69, 9.17) is 0 Å². The van der Waals surface area contributed by atoms with Gasteiger partial charge in [0, 0.05) is 37.1 Å². The molecule has 4 rings (SSSR count). The number of fused-ring (bicyclic) bond motifs is 2. The van der Waals surface area contributed by atoms with Crippen molar-refractivity contribution < 1.29 is 9.18 Å². The average Bonchev–Trinajstić information content (AvgIpc) is 3.08. The molecule has 0 atom stereocenters. The molecule has 0 spiro atoms. The Balaban J connectivity index is 1.73. The molecule has 0 bridgehead atoms. The first-order valence-corrected chi connectivity index (χ1v) is 7.40. The molecular formula is C17H14FN5O. The molecule has 0 aliphatic heterocycles. The second-order valence-electron chi connectivity index (χ2n) is 5.69. The van der Waals surface area contributed by atoms with E-state index in [0.717, 1.165) is 5.39 Å². The monoisotopic (exact) mass is 323 g/mol. The van der Waals surface area contributed by atoms with Gasteiger partial charge in [-0.15, -0.1) is 0 Å². The van der Waals surface area contributed by atoms with Crippen LogP contribution in [0.1, 0.15) is 16.1 Å². The summed E-state index contributed by atoms with van der Waals surface area (Å²) in [6.45, 7) is 1.78. The van der Waals surface area contributed by atoms with Gasteiger partial charge in [0.25, 0.3) is 5.91 Å². The maximum atomic E-state index is 14.1. The van der Waals surface area contributed by atoms with Crippen LogP contribution in [0.25, 0.3) is 16.6 Å². The number of aromatic nitrogens is 4. The fraction of sp³-hybridized carbons (Fsp3) is 0.118. The molecule has 0 saturated heterocycles. The molecular weight excluding hydrogens is 309 g/mol. The lowest BCUT2D eigenvalue weighted by atomic mass is 10.1. The highest BCUT2D eigenvalue weighted by molar-refractivity contribution is 6.11. The largest absolute Gasteiger partial charge is 0.320 e. The van der Waals surface area contributed by atoms with E-state index in [1.54, 1.807) is 47.6 Å². The van der Waals surface area contributed by atoms with E-state index in [2.05, 4.69) is 15.4 Å². The molecule has 120 valence electrons. The highest BCUT2D eigenvalue weighted by atomic mass is 19.1. The minimum absolute atomic E-state index is 0.234. The van der Waals surface area contributed by atoms with E-state index < -0.39 is 5.82 Å². The fourth-order valence-electron chi connectivity index (χ4n) is 2.79. The zero-order valence-electron chi connectivity index (χ0n) is 13.1. The smallest absolute Gasteiger partial charge is 0.257 e. The number of amides is 1. The molecule has 7 heteroatoms. The normalized spacial score (nSPS) is 11.3. The van der Waals surface area contributed by atoms with Gasteiger partial charge in [0.15, 0.2) is 11.5 Å². The number of aryl methyl sites for hydroxylation is 2. The Kier molecular flexibility index (Phi) is 3.09. The van der Waals surface area contributed by atoms with Gasteiger partial charge in [-0.1, -0.05) is 12.1 Å². The SMILES string of the molecule is Cc1cn2cc(NC(=O)c3cccc4cn(C)nc34)cc(F)c2n1. The average molecular weight is 323 g/mol. The summed E-state index contributed by atoms with van der Waals surface area (Å²) in [5.74, 6) is -0.827. The molecule has 4 aromatic rings. The molecule has 0 aliphatic carbocycles. The molecule has 1 amide bonds. The van der Waals surface area contributed by atoms with Crippen LogP contribution in [0.3, 0.4) is 0 Å². The van der Waals surface area contributed by atoms with Crippen LogP contribution in [-0.2, 0) is 7.05 Å². The molecule has 3 heterocycles. The number of pyridine rings is 1. The van der Waals surface area contributed by atoms with Gasteiger partial charge in [-0.05, 0) is 13.0 Å². The second kappa shape index (κ2) is 5.16. The number of benzene rings is 1. The summed E-state index contributed by atoms with van der Waals surface area (Å²) in [4.78, 5) is 16.7. The van der Waals surface area contributed by atoms with Gasteiger partial charge < -0.3 is 9.72 Å². The maximum Gasteiger partial charge on any atom is 0.257 e. The fourth-order valence-corrected chi connectivity index (χ4v) is 2.79. The lowest BCUT2D eigenvalue weighted by Crippen LogP contribution is -2.13. The standard InChI is InChI=1S/C17H14FN5O/c1-10-7-23-9-12(6-14(18)16(23)19-10)20-17(24)13-5-3-4-11-8-22(2)21-15(11)13/h3-9H,1-2H3,(H,20,24). The Hall–Kier alpha value is -3.22. The number of carbonyl (C=O) groups excluding carboxylic acids is 1.